The number of nitrogens with zero attached hydrogens (tertiary/aromatic N) is 3. The molecule has 1 fully saturated rings. The Kier molecular flexibility index (Phi) is 3.64. The first-order chi connectivity index (χ1) is 5.86. The zero-order valence-corrected chi connectivity index (χ0v) is 7.02. The zero-order chi connectivity index (χ0) is 8.81. The van der Waals surface area contributed by atoms with Gasteiger partial charge in [0.15, 0.2) is 0 Å². The average Bonchev–Trinajstić information content (AvgIpc) is 2.09. The van der Waals surface area contributed by atoms with E-state index in [1.54, 1.807) is 0 Å². The summed E-state index contributed by atoms with van der Waals surface area (Å²) < 4.78 is 5.45. The number of rotatable bonds is 3. The fourth-order valence-corrected chi connectivity index (χ4v) is 1.33. The molecule has 66 valence electrons. The predicted molar refractivity (Wildman–Crippen MR) is 46.7 cm³/mol. The van der Waals surface area contributed by atoms with Crippen LogP contribution in [0.3, 0.4) is 0 Å². The maximum Gasteiger partial charge on any atom is 0.0609 e. The molecule has 12 heavy (non-hydrogen) atoms. The monoisotopic (exact) mass is 167 g/mol. The van der Waals surface area contributed by atoms with Crippen LogP contribution < -0.4 is 0 Å². The zero-order valence-electron chi connectivity index (χ0n) is 7.02. The van der Waals surface area contributed by atoms with Crippen LogP contribution in [0.4, 0.5) is 0 Å². The molecule has 0 radical (unpaired) electrons. The molecule has 1 aliphatic rings. The summed E-state index contributed by atoms with van der Waals surface area (Å²) in [6.45, 7) is 4.21. The Morgan fingerprint density at radius 1 is 1.67 bits per heavy atom. The highest BCUT2D eigenvalue weighted by Gasteiger charge is 2.19. The molecule has 0 bridgehead atoms. The Labute approximate surface area is 71.8 Å². The van der Waals surface area contributed by atoms with Gasteiger partial charge in [-0.25, -0.2) is 0 Å². The minimum atomic E-state index is 0.0380. The summed E-state index contributed by atoms with van der Waals surface area (Å²) in [5, 5.41) is 3.61. The normalized spacial score (nSPS) is 29.0. The second-order valence-corrected chi connectivity index (χ2v) is 2.92. The summed E-state index contributed by atoms with van der Waals surface area (Å²) in [7, 11) is 0. The average molecular weight is 167 g/mol. The molecule has 1 aliphatic heterocycles. The molecular weight excluding hydrogens is 154 g/mol. The highest BCUT2D eigenvalue weighted by Crippen LogP contribution is 2.18. The molecule has 0 aliphatic carbocycles. The number of hydrogen-bond acceptors (Lipinski definition) is 2. The number of hydrogen-bond donors (Lipinski definition) is 0. The lowest BCUT2D eigenvalue weighted by Crippen LogP contribution is -2.27. The van der Waals surface area contributed by atoms with Gasteiger partial charge in [-0.05, 0) is 24.8 Å². The van der Waals surface area contributed by atoms with Crippen molar-refractivity contribution in [3.63, 3.8) is 0 Å². The van der Waals surface area contributed by atoms with E-state index < -0.39 is 0 Å². The molecule has 0 aromatic heterocycles. The van der Waals surface area contributed by atoms with Crippen molar-refractivity contribution in [2.75, 3.05) is 6.61 Å². The van der Waals surface area contributed by atoms with Gasteiger partial charge in [0.2, 0.25) is 0 Å². The molecule has 4 nitrogen and oxygen atoms in total. The first-order valence-electron chi connectivity index (χ1n) is 4.13. The van der Waals surface area contributed by atoms with E-state index in [0.29, 0.717) is 6.61 Å². The lowest BCUT2D eigenvalue weighted by Gasteiger charge is -2.25. The Hall–Kier alpha value is -0.990. The molecule has 1 rings (SSSR count). The summed E-state index contributed by atoms with van der Waals surface area (Å²) in [6.07, 6.45) is 4.94. The first-order valence-corrected chi connectivity index (χ1v) is 4.13. The van der Waals surface area contributed by atoms with Crippen LogP contribution in [0.5, 0.6) is 0 Å². The minimum absolute atomic E-state index is 0.0380. The van der Waals surface area contributed by atoms with Crippen LogP contribution in [-0.2, 0) is 4.74 Å². The molecular formula is C8H13N3O. The molecule has 0 N–H and O–H groups in total. The van der Waals surface area contributed by atoms with Gasteiger partial charge in [-0.15, -0.1) is 6.58 Å². The van der Waals surface area contributed by atoms with E-state index in [2.05, 4.69) is 16.6 Å². The van der Waals surface area contributed by atoms with Gasteiger partial charge in [0.25, 0.3) is 0 Å². The molecule has 0 amide bonds. The topological polar surface area (TPSA) is 58.0 Å². The van der Waals surface area contributed by atoms with Crippen molar-refractivity contribution in [1.29, 1.82) is 0 Å². The lowest BCUT2D eigenvalue weighted by molar-refractivity contribution is 0.00781. The number of ether oxygens (including phenoxy) is 1. The maximum atomic E-state index is 8.17. The van der Waals surface area contributed by atoms with Crippen LogP contribution in [0.25, 0.3) is 10.4 Å². The van der Waals surface area contributed by atoms with Gasteiger partial charge in [0.05, 0.1) is 18.8 Å². The summed E-state index contributed by atoms with van der Waals surface area (Å²) in [5.74, 6) is 0. The van der Waals surface area contributed by atoms with Gasteiger partial charge in [0, 0.05) is 4.91 Å². The van der Waals surface area contributed by atoms with Gasteiger partial charge in [-0.3, -0.25) is 0 Å². The number of azide groups is 1. The highest BCUT2D eigenvalue weighted by molar-refractivity contribution is 4.80. The molecule has 2 atom stereocenters. The smallest absolute Gasteiger partial charge is 0.0609 e. The van der Waals surface area contributed by atoms with Gasteiger partial charge >= 0.3 is 0 Å². The van der Waals surface area contributed by atoms with Crippen molar-refractivity contribution in [3.05, 3.63) is 23.1 Å². The van der Waals surface area contributed by atoms with Crippen molar-refractivity contribution in [3.8, 4) is 0 Å². The van der Waals surface area contributed by atoms with E-state index in [4.69, 9.17) is 10.3 Å². The molecule has 1 heterocycles. The van der Waals surface area contributed by atoms with Crippen molar-refractivity contribution >= 4 is 0 Å². The second-order valence-electron chi connectivity index (χ2n) is 2.92. The largest absolute Gasteiger partial charge is 0.377 e. The van der Waals surface area contributed by atoms with E-state index in [-0.39, 0.29) is 12.1 Å². The van der Waals surface area contributed by atoms with Crippen LogP contribution in [0.2, 0.25) is 0 Å². The molecule has 0 aromatic carbocycles. The summed E-state index contributed by atoms with van der Waals surface area (Å²) in [6, 6.07) is 0.0380. The van der Waals surface area contributed by atoms with Crippen molar-refractivity contribution in [2.45, 2.75) is 31.4 Å². The van der Waals surface area contributed by atoms with Crippen LogP contribution in [0, 0.1) is 0 Å². The summed E-state index contributed by atoms with van der Waals surface area (Å²) in [5.41, 5.74) is 8.17. The fraction of sp³-hybridized carbons (Fsp3) is 0.750. The third kappa shape index (κ3) is 2.57. The Bertz CT molecular complexity index is 190. The van der Waals surface area contributed by atoms with Crippen molar-refractivity contribution in [1.82, 2.24) is 0 Å². The quantitative estimate of drug-likeness (QED) is 0.275. The summed E-state index contributed by atoms with van der Waals surface area (Å²) >= 11 is 0. The van der Waals surface area contributed by atoms with E-state index >= 15 is 0 Å². The molecule has 2 unspecified atom stereocenters. The van der Waals surface area contributed by atoms with E-state index in [0.717, 1.165) is 19.3 Å². The van der Waals surface area contributed by atoms with Crippen LogP contribution in [0.1, 0.15) is 19.3 Å². The van der Waals surface area contributed by atoms with Gasteiger partial charge in [-0.1, -0.05) is 11.2 Å². The maximum absolute atomic E-state index is 8.17. The summed E-state index contributed by atoms with van der Waals surface area (Å²) in [4.78, 5) is 2.76. The minimum Gasteiger partial charge on any atom is -0.377 e. The van der Waals surface area contributed by atoms with Crippen LogP contribution in [-0.4, -0.2) is 18.8 Å². The second kappa shape index (κ2) is 4.80. The van der Waals surface area contributed by atoms with Gasteiger partial charge < -0.3 is 4.74 Å². The van der Waals surface area contributed by atoms with Crippen LogP contribution >= 0.6 is 0 Å². The third-order valence-corrected chi connectivity index (χ3v) is 1.99. The molecule has 1 saturated heterocycles. The molecule has 4 heteroatoms. The standard InChI is InChI=1S/C8H13N3O/c1-2-3-8-5-4-7(6-12-8)10-11-9/h2,7-8H,1,3-6H2. The van der Waals surface area contributed by atoms with Crippen molar-refractivity contribution in [2.24, 2.45) is 5.11 Å². The fourth-order valence-electron chi connectivity index (χ4n) is 1.33. The van der Waals surface area contributed by atoms with E-state index in [1.807, 2.05) is 6.08 Å². The SMILES string of the molecule is C=CCC1CCC(N=[N+]=[N-])CO1. The third-order valence-electron chi connectivity index (χ3n) is 1.99. The Balaban J connectivity index is 2.28. The lowest BCUT2D eigenvalue weighted by atomic mass is 10.0. The van der Waals surface area contributed by atoms with E-state index in [1.165, 1.54) is 0 Å². The highest BCUT2D eigenvalue weighted by atomic mass is 16.5. The van der Waals surface area contributed by atoms with Gasteiger partial charge in [-0.2, -0.15) is 0 Å². The van der Waals surface area contributed by atoms with E-state index in [9.17, 15) is 0 Å². The Morgan fingerprint density at radius 3 is 3.00 bits per heavy atom. The van der Waals surface area contributed by atoms with Crippen molar-refractivity contribution < 1.29 is 4.74 Å². The molecule has 0 saturated carbocycles. The molecule has 0 aromatic rings. The molecule has 0 spiro atoms. The first kappa shape index (κ1) is 9.10. The van der Waals surface area contributed by atoms with Gasteiger partial charge in [0.1, 0.15) is 0 Å². The van der Waals surface area contributed by atoms with Crippen LogP contribution in [0.15, 0.2) is 17.8 Å². The predicted octanol–water partition coefficient (Wildman–Crippen LogP) is 2.42. The Morgan fingerprint density at radius 2 is 2.50 bits per heavy atom.